The van der Waals surface area contributed by atoms with Gasteiger partial charge in [-0.2, -0.15) is 0 Å². The molecule has 2 aliphatic carbocycles. The molecule has 3 rings (SSSR count). The highest BCUT2D eigenvalue weighted by Crippen LogP contribution is 2.31. The van der Waals surface area contributed by atoms with Crippen molar-refractivity contribution in [2.24, 2.45) is 5.92 Å². The van der Waals surface area contributed by atoms with Crippen LogP contribution in [0.15, 0.2) is 0 Å². The summed E-state index contributed by atoms with van der Waals surface area (Å²) in [5.74, 6) is 0.969. The zero-order valence-corrected chi connectivity index (χ0v) is 11.3. The average molecular weight is 236 g/mol. The molecule has 1 aliphatic heterocycles. The van der Waals surface area contributed by atoms with Crippen molar-refractivity contribution >= 4 is 0 Å². The number of nitrogens with zero attached hydrogens (tertiary/aromatic N) is 1. The van der Waals surface area contributed by atoms with Gasteiger partial charge < -0.3 is 10.2 Å². The van der Waals surface area contributed by atoms with Crippen LogP contribution in [0, 0.1) is 5.92 Å². The smallest absolute Gasteiger partial charge is 0.00978 e. The molecule has 2 nitrogen and oxygen atoms in total. The summed E-state index contributed by atoms with van der Waals surface area (Å²) in [6.07, 6.45) is 11.5. The van der Waals surface area contributed by atoms with Gasteiger partial charge >= 0.3 is 0 Å². The molecule has 3 fully saturated rings. The van der Waals surface area contributed by atoms with Crippen LogP contribution >= 0.6 is 0 Å². The van der Waals surface area contributed by atoms with E-state index in [1.54, 1.807) is 0 Å². The second-order valence-corrected chi connectivity index (χ2v) is 6.41. The Hall–Kier alpha value is -0.0800. The lowest BCUT2D eigenvalue weighted by atomic mass is 9.97. The highest BCUT2D eigenvalue weighted by Gasteiger charge is 2.33. The second-order valence-electron chi connectivity index (χ2n) is 6.41. The van der Waals surface area contributed by atoms with Crippen molar-refractivity contribution in [1.29, 1.82) is 0 Å². The van der Waals surface area contributed by atoms with E-state index in [0.29, 0.717) is 0 Å². The SMILES string of the molecule is CCC1CCCC1NC1CCN(C2CC2)CC1. The second kappa shape index (κ2) is 5.27. The molecule has 17 heavy (non-hydrogen) atoms. The Balaban J connectivity index is 1.43. The van der Waals surface area contributed by atoms with E-state index in [1.165, 1.54) is 64.5 Å². The fraction of sp³-hybridized carbons (Fsp3) is 1.00. The minimum Gasteiger partial charge on any atom is -0.311 e. The van der Waals surface area contributed by atoms with Gasteiger partial charge in [-0.1, -0.05) is 19.8 Å². The van der Waals surface area contributed by atoms with Crippen LogP contribution < -0.4 is 5.32 Å². The van der Waals surface area contributed by atoms with Gasteiger partial charge in [-0.15, -0.1) is 0 Å². The summed E-state index contributed by atoms with van der Waals surface area (Å²) < 4.78 is 0. The molecule has 2 unspecified atom stereocenters. The summed E-state index contributed by atoms with van der Waals surface area (Å²) in [6, 6.07) is 2.64. The number of rotatable bonds is 4. The number of nitrogens with one attached hydrogen (secondary N) is 1. The number of likely N-dealkylation sites (tertiary alicyclic amines) is 1. The molecular formula is C15H28N2. The molecule has 0 aromatic carbocycles. The molecule has 0 radical (unpaired) electrons. The summed E-state index contributed by atoms with van der Waals surface area (Å²) in [7, 11) is 0. The minimum absolute atomic E-state index is 0.821. The highest BCUT2D eigenvalue weighted by molar-refractivity contribution is 4.91. The molecule has 0 amide bonds. The van der Waals surface area contributed by atoms with Gasteiger partial charge in [0.05, 0.1) is 0 Å². The van der Waals surface area contributed by atoms with E-state index in [4.69, 9.17) is 0 Å². The largest absolute Gasteiger partial charge is 0.311 e. The molecular weight excluding hydrogens is 208 g/mol. The summed E-state index contributed by atoms with van der Waals surface area (Å²) in [5.41, 5.74) is 0. The minimum atomic E-state index is 0.821. The maximum absolute atomic E-state index is 3.97. The first kappa shape index (κ1) is 12.0. The van der Waals surface area contributed by atoms with E-state index >= 15 is 0 Å². The lowest BCUT2D eigenvalue weighted by Gasteiger charge is -2.35. The number of piperidine rings is 1. The van der Waals surface area contributed by atoms with Gasteiger partial charge in [0.15, 0.2) is 0 Å². The quantitative estimate of drug-likeness (QED) is 0.807. The van der Waals surface area contributed by atoms with Crippen molar-refractivity contribution in [1.82, 2.24) is 10.2 Å². The van der Waals surface area contributed by atoms with E-state index in [0.717, 1.165) is 24.0 Å². The average Bonchev–Trinajstić information content (AvgIpc) is 3.11. The van der Waals surface area contributed by atoms with E-state index in [2.05, 4.69) is 17.1 Å². The van der Waals surface area contributed by atoms with Crippen LogP contribution in [-0.2, 0) is 0 Å². The summed E-state index contributed by atoms with van der Waals surface area (Å²) in [4.78, 5) is 2.73. The maximum atomic E-state index is 3.97. The molecule has 0 spiro atoms. The third-order valence-corrected chi connectivity index (χ3v) is 5.23. The highest BCUT2D eigenvalue weighted by atomic mass is 15.2. The van der Waals surface area contributed by atoms with Crippen molar-refractivity contribution in [3.8, 4) is 0 Å². The summed E-state index contributed by atoms with van der Waals surface area (Å²) >= 11 is 0. The van der Waals surface area contributed by atoms with Crippen LogP contribution in [0.5, 0.6) is 0 Å². The molecule has 0 bridgehead atoms. The molecule has 0 aromatic heterocycles. The van der Waals surface area contributed by atoms with Crippen molar-refractivity contribution < 1.29 is 0 Å². The normalized spacial score (nSPS) is 36.5. The molecule has 2 saturated carbocycles. The van der Waals surface area contributed by atoms with Crippen LogP contribution in [0.1, 0.15) is 58.3 Å². The van der Waals surface area contributed by atoms with E-state index in [-0.39, 0.29) is 0 Å². The first-order valence-electron chi connectivity index (χ1n) is 7.87. The van der Waals surface area contributed by atoms with Gasteiger partial charge in [-0.05, 0) is 57.5 Å². The van der Waals surface area contributed by atoms with Crippen molar-refractivity contribution in [3.05, 3.63) is 0 Å². The van der Waals surface area contributed by atoms with Crippen LogP contribution in [0.2, 0.25) is 0 Å². The Kier molecular flexibility index (Phi) is 3.72. The molecule has 2 atom stereocenters. The van der Waals surface area contributed by atoms with Crippen molar-refractivity contribution in [2.75, 3.05) is 13.1 Å². The van der Waals surface area contributed by atoms with E-state index in [9.17, 15) is 0 Å². The molecule has 0 aromatic rings. The fourth-order valence-corrected chi connectivity index (χ4v) is 3.92. The van der Waals surface area contributed by atoms with Crippen LogP contribution in [-0.4, -0.2) is 36.1 Å². The maximum Gasteiger partial charge on any atom is 0.00978 e. The fourth-order valence-electron chi connectivity index (χ4n) is 3.92. The van der Waals surface area contributed by atoms with E-state index in [1.807, 2.05) is 0 Å². The van der Waals surface area contributed by atoms with Crippen LogP contribution in [0.25, 0.3) is 0 Å². The molecule has 98 valence electrons. The molecule has 1 heterocycles. The van der Waals surface area contributed by atoms with Crippen LogP contribution in [0.3, 0.4) is 0 Å². The van der Waals surface area contributed by atoms with Crippen molar-refractivity contribution in [2.45, 2.75) is 76.4 Å². The Morgan fingerprint density at radius 2 is 1.76 bits per heavy atom. The van der Waals surface area contributed by atoms with E-state index < -0.39 is 0 Å². The van der Waals surface area contributed by atoms with Gasteiger partial charge in [-0.3, -0.25) is 0 Å². The topological polar surface area (TPSA) is 15.3 Å². The van der Waals surface area contributed by atoms with Gasteiger partial charge in [0, 0.05) is 18.1 Å². The monoisotopic (exact) mass is 236 g/mol. The standard InChI is InChI=1S/C15H28N2/c1-2-12-4-3-5-15(12)16-13-8-10-17(11-9-13)14-6-7-14/h12-16H,2-11H2,1H3. The van der Waals surface area contributed by atoms with Gasteiger partial charge in [-0.25, -0.2) is 0 Å². The Morgan fingerprint density at radius 1 is 1.00 bits per heavy atom. The number of hydrogen-bond acceptors (Lipinski definition) is 2. The lowest BCUT2D eigenvalue weighted by Crippen LogP contribution is -2.47. The first-order chi connectivity index (χ1) is 8.36. The third kappa shape index (κ3) is 2.85. The molecule has 3 aliphatic rings. The molecule has 2 heteroatoms. The van der Waals surface area contributed by atoms with Crippen molar-refractivity contribution in [3.63, 3.8) is 0 Å². The van der Waals surface area contributed by atoms with Gasteiger partial charge in [0.1, 0.15) is 0 Å². The summed E-state index contributed by atoms with van der Waals surface area (Å²) in [6.45, 7) is 5.07. The van der Waals surface area contributed by atoms with Gasteiger partial charge in [0.2, 0.25) is 0 Å². The van der Waals surface area contributed by atoms with Crippen LogP contribution in [0.4, 0.5) is 0 Å². The Morgan fingerprint density at radius 3 is 2.41 bits per heavy atom. The zero-order valence-electron chi connectivity index (χ0n) is 11.3. The molecule has 1 saturated heterocycles. The first-order valence-corrected chi connectivity index (χ1v) is 7.87. The predicted octanol–water partition coefficient (Wildman–Crippen LogP) is 2.78. The number of hydrogen-bond donors (Lipinski definition) is 1. The Bertz CT molecular complexity index is 241. The zero-order chi connectivity index (χ0) is 11.7. The molecule has 1 N–H and O–H groups in total. The lowest BCUT2D eigenvalue weighted by molar-refractivity contribution is 0.177. The Labute approximate surface area is 106 Å². The third-order valence-electron chi connectivity index (χ3n) is 5.23. The van der Waals surface area contributed by atoms with Gasteiger partial charge in [0.25, 0.3) is 0 Å². The summed E-state index contributed by atoms with van der Waals surface area (Å²) in [5, 5.41) is 3.97. The predicted molar refractivity (Wildman–Crippen MR) is 72.2 cm³/mol.